The SMILES string of the molecule is CCCCCCCCCCCC/C=C/[C@H]1OC[C@H](NC(=O)OC(C)(C)C)[C@@H]1OCc1ccccc1. The molecular weight excluding hydrogens is 438 g/mol. The minimum atomic E-state index is -0.543. The number of hydrogen-bond acceptors (Lipinski definition) is 4. The van der Waals surface area contributed by atoms with E-state index < -0.39 is 11.7 Å². The summed E-state index contributed by atoms with van der Waals surface area (Å²) in [4.78, 5) is 12.4. The van der Waals surface area contributed by atoms with Gasteiger partial charge in [-0.25, -0.2) is 4.79 Å². The van der Waals surface area contributed by atoms with Crippen LogP contribution in [0.5, 0.6) is 0 Å². The Morgan fingerprint density at radius 1 is 1.00 bits per heavy atom. The summed E-state index contributed by atoms with van der Waals surface area (Å²) in [7, 11) is 0. The summed E-state index contributed by atoms with van der Waals surface area (Å²) < 4.78 is 17.7. The summed E-state index contributed by atoms with van der Waals surface area (Å²) in [5.74, 6) is 0. The third-order valence-corrected chi connectivity index (χ3v) is 6.23. The van der Waals surface area contributed by atoms with Crippen molar-refractivity contribution >= 4 is 6.09 Å². The van der Waals surface area contributed by atoms with Crippen molar-refractivity contribution in [1.82, 2.24) is 5.32 Å². The van der Waals surface area contributed by atoms with E-state index in [4.69, 9.17) is 14.2 Å². The Kier molecular flexibility index (Phi) is 14.1. The van der Waals surface area contributed by atoms with Crippen molar-refractivity contribution in [3.63, 3.8) is 0 Å². The highest BCUT2D eigenvalue weighted by atomic mass is 16.6. The van der Waals surface area contributed by atoms with Gasteiger partial charge in [-0.15, -0.1) is 0 Å². The molecule has 0 spiro atoms. The van der Waals surface area contributed by atoms with E-state index in [-0.39, 0.29) is 18.2 Å². The van der Waals surface area contributed by atoms with Gasteiger partial charge < -0.3 is 19.5 Å². The van der Waals surface area contributed by atoms with Crippen LogP contribution in [-0.2, 0) is 20.8 Å². The lowest BCUT2D eigenvalue weighted by molar-refractivity contribution is -0.00627. The Morgan fingerprint density at radius 2 is 1.63 bits per heavy atom. The van der Waals surface area contributed by atoms with Crippen LogP contribution >= 0.6 is 0 Å². The van der Waals surface area contributed by atoms with Crippen molar-refractivity contribution in [1.29, 1.82) is 0 Å². The first-order chi connectivity index (χ1) is 16.9. The van der Waals surface area contributed by atoms with Gasteiger partial charge in [0.1, 0.15) is 17.8 Å². The van der Waals surface area contributed by atoms with Gasteiger partial charge in [0.05, 0.1) is 19.3 Å². The number of alkyl carbamates (subject to hydrolysis) is 1. The quantitative estimate of drug-likeness (QED) is 0.191. The third-order valence-electron chi connectivity index (χ3n) is 6.23. The van der Waals surface area contributed by atoms with Gasteiger partial charge in [-0.1, -0.05) is 107 Å². The number of benzene rings is 1. The summed E-state index contributed by atoms with van der Waals surface area (Å²) in [5.41, 5.74) is 0.557. The second-order valence-electron chi connectivity index (χ2n) is 10.7. The zero-order valence-electron chi connectivity index (χ0n) is 22.6. The van der Waals surface area contributed by atoms with E-state index in [1.807, 2.05) is 51.1 Å². The van der Waals surface area contributed by atoms with Crippen LogP contribution in [0.15, 0.2) is 42.5 Å². The molecule has 35 heavy (non-hydrogen) atoms. The maximum absolute atomic E-state index is 12.4. The average Bonchev–Trinajstić information content (AvgIpc) is 3.18. The number of rotatable bonds is 16. The van der Waals surface area contributed by atoms with E-state index in [9.17, 15) is 4.79 Å². The Hall–Kier alpha value is -1.85. The highest BCUT2D eigenvalue weighted by molar-refractivity contribution is 5.68. The standard InChI is InChI=1S/C30H49NO4/c1-5-6-7-8-9-10-11-12-13-14-15-19-22-27-28(34-23-25-20-17-16-18-21-25)26(24-33-27)31-29(32)35-30(2,3)4/h16-22,26-28H,5-15,23-24H2,1-4H3,(H,31,32)/b22-19+/t26-,27+,28-/m0/s1. The van der Waals surface area contributed by atoms with Crippen LogP contribution in [0.2, 0.25) is 0 Å². The van der Waals surface area contributed by atoms with Crippen molar-refractivity contribution in [2.75, 3.05) is 6.61 Å². The Bertz CT molecular complexity index is 713. The maximum atomic E-state index is 12.4. The monoisotopic (exact) mass is 487 g/mol. The Balaban J connectivity index is 1.75. The summed E-state index contributed by atoms with van der Waals surface area (Å²) in [6.45, 7) is 8.74. The van der Waals surface area contributed by atoms with Gasteiger partial charge in [-0.05, 0) is 39.2 Å². The third kappa shape index (κ3) is 13.1. The van der Waals surface area contributed by atoms with Gasteiger partial charge in [0, 0.05) is 0 Å². The molecule has 0 aliphatic carbocycles. The van der Waals surface area contributed by atoms with Crippen LogP contribution < -0.4 is 5.32 Å². The molecule has 2 rings (SSSR count). The molecule has 1 aromatic rings. The second kappa shape index (κ2) is 16.8. The Labute approximate surface area is 214 Å². The minimum Gasteiger partial charge on any atom is -0.444 e. The predicted molar refractivity (Wildman–Crippen MR) is 144 cm³/mol. The van der Waals surface area contributed by atoms with Gasteiger partial charge >= 0.3 is 6.09 Å². The molecule has 5 heteroatoms. The number of allylic oxidation sites excluding steroid dienone is 1. The van der Waals surface area contributed by atoms with Crippen molar-refractivity contribution in [3.05, 3.63) is 48.0 Å². The molecular formula is C30H49NO4. The molecule has 0 saturated carbocycles. The van der Waals surface area contributed by atoms with E-state index in [0.29, 0.717) is 13.2 Å². The van der Waals surface area contributed by atoms with Gasteiger partial charge in [0.25, 0.3) is 0 Å². The van der Waals surface area contributed by atoms with Crippen LogP contribution in [0.3, 0.4) is 0 Å². The first kappa shape index (κ1) is 29.4. The molecule has 5 nitrogen and oxygen atoms in total. The molecule has 0 unspecified atom stereocenters. The fraction of sp³-hybridized carbons (Fsp3) is 0.700. The molecule has 1 N–H and O–H groups in total. The first-order valence-corrected chi connectivity index (χ1v) is 13.8. The summed E-state index contributed by atoms with van der Waals surface area (Å²) in [6, 6.07) is 9.84. The fourth-order valence-corrected chi connectivity index (χ4v) is 4.34. The van der Waals surface area contributed by atoms with Crippen molar-refractivity contribution in [2.24, 2.45) is 0 Å². The first-order valence-electron chi connectivity index (χ1n) is 13.8. The maximum Gasteiger partial charge on any atom is 0.408 e. The molecule has 3 atom stereocenters. The molecule has 0 aromatic heterocycles. The van der Waals surface area contributed by atoms with Crippen LogP contribution in [0.1, 0.15) is 104 Å². The molecule has 1 heterocycles. The van der Waals surface area contributed by atoms with E-state index >= 15 is 0 Å². The van der Waals surface area contributed by atoms with Crippen molar-refractivity contribution in [2.45, 2.75) is 129 Å². The zero-order valence-corrected chi connectivity index (χ0v) is 22.6. The molecule has 198 valence electrons. The molecule has 0 radical (unpaired) electrons. The van der Waals surface area contributed by atoms with Crippen LogP contribution in [-0.4, -0.2) is 36.6 Å². The summed E-state index contributed by atoms with van der Waals surface area (Å²) >= 11 is 0. The molecule has 1 aliphatic heterocycles. The number of nitrogens with one attached hydrogen (secondary N) is 1. The molecule has 1 amide bonds. The smallest absolute Gasteiger partial charge is 0.408 e. The fourth-order valence-electron chi connectivity index (χ4n) is 4.34. The molecule has 1 fully saturated rings. The summed E-state index contributed by atoms with van der Waals surface area (Å²) in [6.07, 6.45) is 17.9. The summed E-state index contributed by atoms with van der Waals surface area (Å²) in [5, 5.41) is 2.95. The van der Waals surface area contributed by atoms with E-state index in [0.717, 1.165) is 12.0 Å². The van der Waals surface area contributed by atoms with E-state index in [1.54, 1.807) is 0 Å². The van der Waals surface area contributed by atoms with E-state index in [1.165, 1.54) is 64.2 Å². The van der Waals surface area contributed by atoms with E-state index in [2.05, 4.69) is 24.4 Å². The molecule has 1 saturated heterocycles. The molecule has 1 aromatic carbocycles. The molecule has 0 bridgehead atoms. The number of unbranched alkanes of at least 4 members (excludes halogenated alkanes) is 10. The average molecular weight is 488 g/mol. The van der Waals surface area contributed by atoms with Crippen LogP contribution in [0, 0.1) is 0 Å². The normalized spacial score (nSPS) is 20.4. The second-order valence-corrected chi connectivity index (χ2v) is 10.7. The number of ether oxygens (including phenoxy) is 3. The number of carbonyl (C=O) groups excluding carboxylic acids is 1. The largest absolute Gasteiger partial charge is 0.444 e. The lowest BCUT2D eigenvalue weighted by Crippen LogP contribution is -2.47. The lowest BCUT2D eigenvalue weighted by atomic mass is 10.0. The van der Waals surface area contributed by atoms with Crippen molar-refractivity contribution in [3.8, 4) is 0 Å². The van der Waals surface area contributed by atoms with Crippen LogP contribution in [0.25, 0.3) is 0 Å². The Morgan fingerprint density at radius 3 is 2.26 bits per heavy atom. The minimum absolute atomic E-state index is 0.179. The highest BCUT2D eigenvalue weighted by Crippen LogP contribution is 2.22. The van der Waals surface area contributed by atoms with Gasteiger partial charge in [0.15, 0.2) is 0 Å². The predicted octanol–water partition coefficient (Wildman–Crippen LogP) is 7.73. The number of hydrogen-bond donors (Lipinski definition) is 1. The van der Waals surface area contributed by atoms with Gasteiger partial charge in [-0.3, -0.25) is 0 Å². The van der Waals surface area contributed by atoms with Gasteiger partial charge in [0.2, 0.25) is 0 Å². The zero-order chi connectivity index (χ0) is 25.4. The molecule has 1 aliphatic rings. The van der Waals surface area contributed by atoms with Crippen LogP contribution in [0.4, 0.5) is 4.79 Å². The van der Waals surface area contributed by atoms with Gasteiger partial charge in [-0.2, -0.15) is 0 Å². The highest BCUT2D eigenvalue weighted by Gasteiger charge is 2.38. The topological polar surface area (TPSA) is 56.8 Å². The lowest BCUT2D eigenvalue weighted by Gasteiger charge is -2.25. The number of amides is 1. The van der Waals surface area contributed by atoms with Crippen molar-refractivity contribution < 1.29 is 19.0 Å². The number of carbonyl (C=O) groups is 1.